The molecule has 2 aliphatic rings. The van der Waals surface area contributed by atoms with Gasteiger partial charge < -0.3 is 14.4 Å². The molecule has 0 amide bonds. The lowest BCUT2D eigenvalue weighted by Crippen LogP contribution is -2.44. The summed E-state index contributed by atoms with van der Waals surface area (Å²) in [6, 6.07) is 8.11. The molecule has 2 aromatic rings. The van der Waals surface area contributed by atoms with Crippen LogP contribution in [0.1, 0.15) is 25.0 Å². The summed E-state index contributed by atoms with van der Waals surface area (Å²) in [5.74, 6) is 0.818. The van der Waals surface area contributed by atoms with E-state index in [-0.39, 0.29) is 12.2 Å². The van der Waals surface area contributed by atoms with Crippen LogP contribution in [-0.4, -0.2) is 46.4 Å². The third-order valence-corrected chi connectivity index (χ3v) is 4.72. The highest BCUT2D eigenvalue weighted by atomic mass is 16.5. The van der Waals surface area contributed by atoms with E-state index in [9.17, 15) is 0 Å². The number of fused-ring (bicyclic) bond motifs is 1. The summed E-state index contributed by atoms with van der Waals surface area (Å²) >= 11 is 0. The molecule has 0 bridgehead atoms. The highest BCUT2D eigenvalue weighted by Gasteiger charge is 2.40. The Balaban J connectivity index is 1.28. The van der Waals surface area contributed by atoms with Gasteiger partial charge in [0.1, 0.15) is 0 Å². The smallest absolute Gasteiger partial charge is 0.225 e. The van der Waals surface area contributed by atoms with Gasteiger partial charge in [-0.1, -0.05) is 6.07 Å². The van der Waals surface area contributed by atoms with Crippen LogP contribution in [0, 0.1) is 0 Å². The van der Waals surface area contributed by atoms with E-state index >= 15 is 0 Å². The van der Waals surface area contributed by atoms with Crippen molar-refractivity contribution in [1.82, 2.24) is 15.0 Å². The minimum atomic E-state index is 0.173. The molecule has 126 valence electrons. The van der Waals surface area contributed by atoms with Crippen molar-refractivity contribution in [2.45, 2.75) is 44.1 Å². The lowest BCUT2D eigenvalue weighted by Gasteiger charge is -2.35. The van der Waals surface area contributed by atoms with Crippen LogP contribution in [0.5, 0.6) is 0 Å². The van der Waals surface area contributed by atoms with E-state index in [1.807, 2.05) is 24.3 Å². The van der Waals surface area contributed by atoms with Gasteiger partial charge in [-0.2, -0.15) is 0 Å². The summed E-state index contributed by atoms with van der Waals surface area (Å²) in [7, 11) is 0. The average molecular weight is 326 g/mol. The normalized spacial score (nSPS) is 26.3. The van der Waals surface area contributed by atoms with E-state index in [4.69, 9.17) is 9.47 Å². The third kappa shape index (κ3) is 3.39. The molecule has 24 heavy (non-hydrogen) atoms. The second-order valence-corrected chi connectivity index (χ2v) is 6.31. The molecule has 2 saturated heterocycles. The number of anilines is 1. The lowest BCUT2D eigenvalue weighted by atomic mass is 9.99. The second-order valence-electron chi connectivity index (χ2n) is 6.31. The summed E-state index contributed by atoms with van der Waals surface area (Å²) in [6.07, 6.45) is 8.95. The van der Waals surface area contributed by atoms with Gasteiger partial charge in [0.25, 0.3) is 0 Å². The summed E-state index contributed by atoms with van der Waals surface area (Å²) in [5, 5.41) is 0. The van der Waals surface area contributed by atoms with Crippen LogP contribution in [-0.2, 0) is 16.1 Å². The highest BCUT2D eigenvalue weighted by molar-refractivity contribution is 5.34. The molecule has 3 atom stereocenters. The Hall–Kier alpha value is -2.05. The molecule has 0 N–H and O–H groups in total. The molecule has 0 spiro atoms. The van der Waals surface area contributed by atoms with Crippen LogP contribution in [0.4, 0.5) is 5.95 Å². The first-order chi connectivity index (χ1) is 11.9. The van der Waals surface area contributed by atoms with Crippen molar-refractivity contribution in [3.8, 4) is 0 Å². The Morgan fingerprint density at radius 3 is 2.75 bits per heavy atom. The second kappa shape index (κ2) is 7.23. The summed E-state index contributed by atoms with van der Waals surface area (Å²) in [6.45, 7) is 2.13. The van der Waals surface area contributed by atoms with Gasteiger partial charge in [0.05, 0.1) is 37.2 Å². The predicted molar refractivity (Wildman–Crippen MR) is 89.6 cm³/mol. The standard InChI is InChI=1S/C18H22N4O2/c1-2-8-19-14(4-1)12-23-13-15-5-6-16-17(24-15)7-11-22(16)18-20-9-3-10-21-18/h1-4,8-10,15-17H,5-7,11-13H2/t15-,16-,17-/m0/s1. The van der Waals surface area contributed by atoms with Crippen LogP contribution in [0.25, 0.3) is 0 Å². The lowest BCUT2D eigenvalue weighted by molar-refractivity contribution is -0.0892. The molecule has 6 nitrogen and oxygen atoms in total. The van der Waals surface area contributed by atoms with Gasteiger partial charge in [0, 0.05) is 25.1 Å². The van der Waals surface area contributed by atoms with E-state index in [1.165, 1.54) is 0 Å². The zero-order valence-electron chi connectivity index (χ0n) is 13.6. The molecule has 0 radical (unpaired) electrons. The van der Waals surface area contributed by atoms with Crippen LogP contribution in [0.3, 0.4) is 0 Å². The van der Waals surface area contributed by atoms with Crippen LogP contribution < -0.4 is 4.90 Å². The largest absolute Gasteiger partial charge is 0.372 e. The van der Waals surface area contributed by atoms with Crippen molar-refractivity contribution in [3.63, 3.8) is 0 Å². The van der Waals surface area contributed by atoms with E-state index in [2.05, 4.69) is 19.9 Å². The van der Waals surface area contributed by atoms with E-state index in [0.29, 0.717) is 19.3 Å². The number of nitrogens with zero attached hydrogens (tertiary/aromatic N) is 4. The quantitative estimate of drug-likeness (QED) is 0.839. The molecule has 2 fully saturated rings. The molecule has 2 aromatic heterocycles. The molecule has 0 aliphatic carbocycles. The average Bonchev–Trinajstić information content (AvgIpc) is 3.07. The van der Waals surface area contributed by atoms with Gasteiger partial charge in [0.15, 0.2) is 0 Å². The summed E-state index contributed by atoms with van der Waals surface area (Å²) < 4.78 is 12.1. The number of hydrogen-bond acceptors (Lipinski definition) is 6. The maximum atomic E-state index is 6.26. The van der Waals surface area contributed by atoms with Crippen molar-refractivity contribution in [1.29, 1.82) is 0 Å². The first kappa shape index (κ1) is 15.5. The minimum absolute atomic E-state index is 0.173. The molecule has 4 heterocycles. The molecule has 0 aromatic carbocycles. The topological polar surface area (TPSA) is 60.4 Å². The fourth-order valence-electron chi connectivity index (χ4n) is 3.59. The number of rotatable bonds is 5. The van der Waals surface area contributed by atoms with Gasteiger partial charge in [0.2, 0.25) is 5.95 Å². The van der Waals surface area contributed by atoms with Crippen LogP contribution in [0.2, 0.25) is 0 Å². The molecule has 4 rings (SSSR count). The van der Waals surface area contributed by atoms with Gasteiger partial charge >= 0.3 is 0 Å². The van der Waals surface area contributed by atoms with Crippen molar-refractivity contribution in [2.24, 2.45) is 0 Å². The van der Waals surface area contributed by atoms with Crippen molar-refractivity contribution in [2.75, 3.05) is 18.1 Å². The maximum absolute atomic E-state index is 6.26. The van der Waals surface area contributed by atoms with E-state index in [0.717, 1.165) is 37.4 Å². The van der Waals surface area contributed by atoms with Gasteiger partial charge in [-0.15, -0.1) is 0 Å². The van der Waals surface area contributed by atoms with Gasteiger partial charge in [-0.25, -0.2) is 9.97 Å². The molecule has 0 unspecified atom stereocenters. The predicted octanol–water partition coefficient (Wildman–Crippen LogP) is 2.21. The zero-order chi connectivity index (χ0) is 16.2. The van der Waals surface area contributed by atoms with Crippen LogP contribution >= 0.6 is 0 Å². The van der Waals surface area contributed by atoms with Crippen LogP contribution in [0.15, 0.2) is 42.9 Å². The fourth-order valence-corrected chi connectivity index (χ4v) is 3.59. The molecule has 6 heteroatoms. The number of pyridine rings is 1. The third-order valence-electron chi connectivity index (χ3n) is 4.72. The number of ether oxygens (including phenoxy) is 2. The van der Waals surface area contributed by atoms with Gasteiger partial charge in [-0.05, 0) is 37.5 Å². The molecular formula is C18H22N4O2. The Bertz CT molecular complexity index is 640. The summed E-state index contributed by atoms with van der Waals surface area (Å²) in [4.78, 5) is 15.3. The Kier molecular flexibility index (Phi) is 4.66. The first-order valence-electron chi connectivity index (χ1n) is 8.57. The van der Waals surface area contributed by atoms with Crippen molar-refractivity contribution >= 4 is 5.95 Å². The Morgan fingerprint density at radius 2 is 1.92 bits per heavy atom. The molecular weight excluding hydrogens is 304 g/mol. The molecule has 2 aliphatic heterocycles. The van der Waals surface area contributed by atoms with E-state index in [1.54, 1.807) is 18.6 Å². The first-order valence-corrected chi connectivity index (χ1v) is 8.57. The monoisotopic (exact) mass is 326 g/mol. The number of aromatic nitrogens is 3. The zero-order valence-corrected chi connectivity index (χ0v) is 13.6. The number of hydrogen-bond donors (Lipinski definition) is 0. The minimum Gasteiger partial charge on any atom is -0.372 e. The van der Waals surface area contributed by atoms with E-state index < -0.39 is 0 Å². The summed E-state index contributed by atoms with van der Waals surface area (Å²) in [5.41, 5.74) is 0.958. The van der Waals surface area contributed by atoms with Crippen molar-refractivity contribution < 1.29 is 9.47 Å². The maximum Gasteiger partial charge on any atom is 0.225 e. The van der Waals surface area contributed by atoms with Crippen molar-refractivity contribution in [3.05, 3.63) is 48.5 Å². The fraction of sp³-hybridized carbons (Fsp3) is 0.500. The SMILES string of the molecule is c1ccc(COC[C@@H]2CC[C@H]3[C@H](CCN3c3ncccn3)O2)nc1. The molecule has 0 saturated carbocycles. The Morgan fingerprint density at radius 1 is 1.04 bits per heavy atom. The Labute approximate surface area is 141 Å². The van der Waals surface area contributed by atoms with Gasteiger partial charge in [-0.3, -0.25) is 4.98 Å². The highest BCUT2D eigenvalue weighted by Crippen LogP contribution is 2.33.